The van der Waals surface area contributed by atoms with Gasteiger partial charge < -0.3 is 20.1 Å². The van der Waals surface area contributed by atoms with Crippen LogP contribution in [0.1, 0.15) is 38.2 Å². The SMILES string of the molecule is CCNC(=NC)NCc1cccc(OC)c1OC1CCCC1.I. The molecular weight excluding hydrogens is 405 g/mol. The van der Waals surface area contributed by atoms with Gasteiger partial charge in [0.1, 0.15) is 0 Å². The van der Waals surface area contributed by atoms with Crippen LogP contribution in [0.25, 0.3) is 0 Å². The molecule has 23 heavy (non-hydrogen) atoms. The molecule has 0 unspecified atom stereocenters. The van der Waals surface area contributed by atoms with Gasteiger partial charge in [0.15, 0.2) is 17.5 Å². The third-order valence-electron chi connectivity index (χ3n) is 3.88. The summed E-state index contributed by atoms with van der Waals surface area (Å²) >= 11 is 0. The van der Waals surface area contributed by atoms with Crippen LogP contribution in [0.15, 0.2) is 23.2 Å². The van der Waals surface area contributed by atoms with Crippen molar-refractivity contribution in [3.05, 3.63) is 23.8 Å². The van der Waals surface area contributed by atoms with Gasteiger partial charge in [-0.3, -0.25) is 4.99 Å². The van der Waals surface area contributed by atoms with Crippen molar-refractivity contribution in [2.75, 3.05) is 20.7 Å². The number of methoxy groups -OCH3 is 1. The van der Waals surface area contributed by atoms with Crippen LogP contribution in [-0.4, -0.2) is 32.8 Å². The number of nitrogens with zero attached hydrogens (tertiary/aromatic N) is 1. The van der Waals surface area contributed by atoms with Crippen molar-refractivity contribution in [3.8, 4) is 11.5 Å². The number of para-hydroxylation sites is 1. The van der Waals surface area contributed by atoms with Crippen LogP contribution in [-0.2, 0) is 6.54 Å². The van der Waals surface area contributed by atoms with Gasteiger partial charge in [-0.2, -0.15) is 0 Å². The van der Waals surface area contributed by atoms with E-state index in [0.717, 1.165) is 42.4 Å². The molecule has 2 N–H and O–H groups in total. The van der Waals surface area contributed by atoms with Gasteiger partial charge in [-0.05, 0) is 38.7 Å². The Morgan fingerprint density at radius 2 is 2.00 bits per heavy atom. The number of aliphatic imine (C=N–C) groups is 1. The summed E-state index contributed by atoms with van der Waals surface area (Å²) in [6, 6.07) is 6.01. The Balaban J connectivity index is 0.00000264. The Kier molecular flexibility index (Phi) is 9.13. The number of guanidine groups is 1. The van der Waals surface area contributed by atoms with Crippen LogP contribution in [0.2, 0.25) is 0 Å². The first kappa shape index (κ1) is 19.9. The maximum Gasteiger partial charge on any atom is 0.191 e. The standard InChI is InChI=1S/C17H27N3O2.HI/c1-4-19-17(18-2)20-12-13-8-7-11-15(21-3)16(13)22-14-9-5-6-10-14;/h7-8,11,14H,4-6,9-10,12H2,1-3H3,(H2,18,19,20);1H. The van der Waals surface area contributed by atoms with E-state index in [1.165, 1.54) is 12.8 Å². The lowest BCUT2D eigenvalue weighted by Crippen LogP contribution is -2.36. The molecule has 0 heterocycles. The zero-order valence-corrected chi connectivity index (χ0v) is 16.6. The second-order valence-corrected chi connectivity index (χ2v) is 5.43. The fourth-order valence-corrected chi connectivity index (χ4v) is 2.73. The predicted octanol–water partition coefficient (Wildman–Crippen LogP) is 3.32. The molecule has 130 valence electrons. The molecule has 1 saturated carbocycles. The maximum absolute atomic E-state index is 6.23. The monoisotopic (exact) mass is 433 g/mol. The third kappa shape index (κ3) is 5.75. The van der Waals surface area contributed by atoms with Crippen LogP contribution >= 0.6 is 24.0 Å². The molecule has 5 nitrogen and oxygen atoms in total. The zero-order chi connectivity index (χ0) is 15.8. The molecule has 0 aromatic heterocycles. The molecule has 0 bridgehead atoms. The largest absolute Gasteiger partial charge is 0.493 e. The average Bonchev–Trinajstić information content (AvgIpc) is 3.05. The second-order valence-electron chi connectivity index (χ2n) is 5.43. The molecule has 0 aliphatic heterocycles. The number of rotatable bonds is 6. The minimum atomic E-state index is 0. The zero-order valence-electron chi connectivity index (χ0n) is 14.2. The van der Waals surface area contributed by atoms with Crippen molar-refractivity contribution < 1.29 is 9.47 Å². The average molecular weight is 433 g/mol. The second kappa shape index (κ2) is 10.6. The molecule has 1 fully saturated rings. The number of hydrogen-bond acceptors (Lipinski definition) is 3. The van der Waals surface area contributed by atoms with E-state index in [1.807, 2.05) is 19.1 Å². The molecule has 6 heteroatoms. The quantitative estimate of drug-likeness (QED) is 0.411. The van der Waals surface area contributed by atoms with E-state index in [4.69, 9.17) is 9.47 Å². The van der Waals surface area contributed by atoms with Crippen LogP contribution in [0.4, 0.5) is 0 Å². The molecule has 2 rings (SSSR count). The van der Waals surface area contributed by atoms with Crippen molar-refractivity contribution in [3.63, 3.8) is 0 Å². The molecule has 1 aliphatic rings. The summed E-state index contributed by atoms with van der Waals surface area (Å²) in [5.41, 5.74) is 1.09. The fourth-order valence-electron chi connectivity index (χ4n) is 2.73. The van der Waals surface area contributed by atoms with Crippen molar-refractivity contribution in [1.29, 1.82) is 0 Å². The third-order valence-corrected chi connectivity index (χ3v) is 3.88. The van der Waals surface area contributed by atoms with Crippen LogP contribution < -0.4 is 20.1 Å². The first-order valence-electron chi connectivity index (χ1n) is 8.05. The molecule has 0 spiro atoms. The van der Waals surface area contributed by atoms with Gasteiger partial charge in [-0.25, -0.2) is 0 Å². The van der Waals surface area contributed by atoms with Crippen LogP contribution in [0.5, 0.6) is 11.5 Å². The van der Waals surface area contributed by atoms with Crippen LogP contribution in [0, 0.1) is 0 Å². The first-order chi connectivity index (χ1) is 10.8. The van der Waals surface area contributed by atoms with Crippen molar-refractivity contribution in [2.45, 2.75) is 45.3 Å². The van der Waals surface area contributed by atoms with E-state index in [9.17, 15) is 0 Å². The van der Waals surface area contributed by atoms with E-state index < -0.39 is 0 Å². The highest BCUT2D eigenvalue weighted by Gasteiger charge is 2.20. The van der Waals surface area contributed by atoms with Crippen molar-refractivity contribution in [1.82, 2.24) is 10.6 Å². The summed E-state index contributed by atoms with van der Waals surface area (Å²) in [7, 11) is 3.46. The molecule has 1 aromatic carbocycles. The summed E-state index contributed by atoms with van der Waals surface area (Å²) in [6.07, 6.45) is 5.07. The van der Waals surface area contributed by atoms with Gasteiger partial charge >= 0.3 is 0 Å². The normalized spacial score (nSPS) is 15.0. The molecule has 1 aliphatic carbocycles. The minimum absolute atomic E-state index is 0. The van der Waals surface area contributed by atoms with Gasteiger partial charge in [0.25, 0.3) is 0 Å². The summed E-state index contributed by atoms with van der Waals surface area (Å²) in [4.78, 5) is 4.19. The number of nitrogens with one attached hydrogen (secondary N) is 2. The Bertz CT molecular complexity index is 503. The van der Waals surface area contributed by atoms with Gasteiger partial charge in [-0.15, -0.1) is 24.0 Å². The number of hydrogen-bond donors (Lipinski definition) is 2. The fraction of sp³-hybridized carbons (Fsp3) is 0.588. The molecule has 1 aromatic rings. The lowest BCUT2D eigenvalue weighted by Gasteiger charge is -2.20. The summed E-state index contributed by atoms with van der Waals surface area (Å²) in [6.45, 7) is 3.54. The molecular formula is C17H28IN3O2. The predicted molar refractivity (Wildman–Crippen MR) is 105 cm³/mol. The number of halogens is 1. The molecule has 0 saturated heterocycles. The van der Waals surface area contributed by atoms with E-state index in [1.54, 1.807) is 14.2 Å². The summed E-state index contributed by atoms with van der Waals surface area (Å²) in [5, 5.41) is 6.50. The van der Waals surface area contributed by atoms with Gasteiger partial charge in [0.2, 0.25) is 0 Å². The Hall–Kier alpha value is -1.18. The molecule has 0 radical (unpaired) electrons. The highest BCUT2D eigenvalue weighted by atomic mass is 127. The highest BCUT2D eigenvalue weighted by Crippen LogP contribution is 2.34. The van der Waals surface area contributed by atoms with Gasteiger partial charge in [0, 0.05) is 25.7 Å². The Labute approximate surface area is 156 Å². The number of benzene rings is 1. The van der Waals surface area contributed by atoms with E-state index >= 15 is 0 Å². The van der Waals surface area contributed by atoms with E-state index in [2.05, 4.69) is 21.7 Å². The smallest absolute Gasteiger partial charge is 0.191 e. The lowest BCUT2D eigenvalue weighted by molar-refractivity contribution is 0.198. The highest BCUT2D eigenvalue weighted by molar-refractivity contribution is 14.0. The van der Waals surface area contributed by atoms with E-state index in [-0.39, 0.29) is 24.0 Å². The van der Waals surface area contributed by atoms with Gasteiger partial charge in [0.05, 0.1) is 13.2 Å². The molecule has 0 amide bonds. The maximum atomic E-state index is 6.23. The van der Waals surface area contributed by atoms with Crippen LogP contribution in [0.3, 0.4) is 0 Å². The van der Waals surface area contributed by atoms with E-state index in [0.29, 0.717) is 12.6 Å². The topological polar surface area (TPSA) is 54.9 Å². The van der Waals surface area contributed by atoms with Crippen molar-refractivity contribution >= 4 is 29.9 Å². The Morgan fingerprint density at radius 3 is 2.61 bits per heavy atom. The summed E-state index contributed by atoms with van der Waals surface area (Å²) < 4.78 is 11.7. The van der Waals surface area contributed by atoms with Gasteiger partial charge in [-0.1, -0.05) is 12.1 Å². The number of ether oxygens (including phenoxy) is 2. The molecule has 0 atom stereocenters. The first-order valence-corrected chi connectivity index (χ1v) is 8.05. The lowest BCUT2D eigenvalue weighted by atomic mass is 10.1. The Morgan fingerprint density at radius 1 is 1.26 bits per heavy atom. The summed E-state index contributed by atoms with van der Waals surface area (Å²) in [5.74, 6) is 2.44. The minimum Gasteiger partial charge on any atom is -0.493 e. The van der Waals surface area contributed by atoms with Crippen molar-refractivity contribution in [2.24, 2.45) is 4.99 Å².